The third-order valence-corrected chi connectivity index (χ3v) is 6.70. The zero-order valence-corrected chi connectivity index (χ0v) is 20.9. The molecule has 0 N–H and O–H groups in total. The molecular formula is C26H23F6NO4S. The van der Waals surface area contributed by atoms with Crippen molar-refractivity contribution >= 4 is 16.1 Å². The maximum atomic E-state index is 14.6. The van der Waals surface area contributed by atoms with E-state index in [-0.39, 0.29) is 50.3 Å². The van der Waals surface area contributed by atoms with E-state index in [9.17, 15) is 39.6 Å². The Balaban J connectivity index is 1.75. The average Bonchev–Trinajstić information content (AvgIpc) is 2.82. The van der Waals surface area contributed by atoms with E-state index in [2.05, 4.69) is 0 Å². The number of rotatable bonds is 11. The van der Waals surface area contributed by atoms with Crippen LogP contribution in [0.1, 0.15) is 33.5 Å². The molecule has 38 heavy (non-hydrogen) atoms. The number of hydrogen-bond acceptors (Lipinski definition) is 5. The molecule has 0 spiro atoms. The second-order valence-corrected chi connectivity index (χ2v) is 10.5. The summed E-state index contributed by atoms with van der Waals surface area (Å²) in [6, 6.07) is 10.3. The molecule has 3 aromatic carbocycles. The summed E-state index contributed by atoms with van der Waals surface area (Å²) in [7, 11) is -3.93. The molecule has 0 fully saturated rings. The fraction of sp³-hybridized carbons (Fsp3) is 0.269. The van der Waals surface area contributed by atoms with Crippen molar-refractivity contribution in [3.63, 3.8) is 0 Å². The third-order valence-electron chi connectivity index (χ3n) is 5.57. The number of carbonyl (C=O) groups excluding carboxylic acids is 1. The van der Waals surface area contributed by atoms with E-state index < -0.39 is 49.5 Å². The number of aldehydes is 1. The van der Waals surface area contributed by atoms with Crippen molar-refractivity contribution in [3.8, 4) is 5.75 Å². The van der Waals surface area contributed by atoms with Gasteiger partial charge in [-0.3, -0.25) is 9.69 Å². The van der Waals surface area contributed by atoms with Crippen LogP contribution in [0.3, 0.4) is 0 Å². The highest BCUT2D eigenvalue weighted by molar-refractivity contribution is 7.90. The Bertz CT molecular complexity index is 1390. The van der Waals surface area contributed by atoms with Crippen LogP contribution in [-0.4, -0.2) is 39.0 Å². The molecule has 0 unspecified atom stereocenters. The number of alkyl halides is 3. The lowest BCUT2D eigenvalue weighted by atomic mass is 10.1. The minimum atomic E-state index is -4.87. The Hall–Kier alpha value is -3.38. The first-order valence-electron chi connectivity index (χ1n) is 11.2. The Morgan fingerprint density at radius 3 is 2.26 bits per heavy atom. The van der Waals surface area contributed by atoms with Gasteiger partial charge >= 0.3 is 6.18 Å². The van der Waals surface area contributed by atoms with E-state index in [1.807, 2.05) is 0 Å². The van der Waals surface area contributed by atoms with Gasteiger partial charge in [-0.25, -0.2) is 21.6 Å². The largest absolute Gasteiger partial charge is 0.493 e. The summed E-state index contributed by atoms with van der Waals surface area (Å²) in [4.78, 5) is 12.2. The van der Waals surface area contributed by atoms with Crippen molar-refractivity contribution in [2.75, 3.05) is 19.4 Å². The molecule has 0 heterocycles. The fourth-order valence-electron chi connectivity index (χ4n) is 3.78. The topological polar surface area (TPSA) is 63.7 Å². The molecule has 0 bridgehead atoms. The summed E-state index contributed by atoms with van der Waals surface area (Å²) in [5.74, 6) is -3.07. The van der Waals surface area contributed by atoms with Crippen LogP contribution in [0.5, 0.6) is 5.75 Å². The minimum absolute atomic E-state index is 0.0614. The summed E-state index contributed by atoms with van der Waals surface area (Å²) < 4.78 is 111. The predicted octanol–water partition coefficient (Wildman–Crippen LogP) is 5.81. The number of benzene rings is 3. The summed E-state index contributed by atoms with van der Waals surface area (Å²) in [5, 5.41) is 0. The van der Waals surface area contributed by atoms with Crippen LogP contribution >= 0.6 is 0 Å². The molecule has 0 atom stereocenters. The van der Waals surface area contributed by atoms with Crippen LogP contribution in [0.15, 0.2) is 59.5 Å². The number of nitrogens with zero attached hydrogens (tertiary/aromatic N) is 1. The Morgan fingerprint density at radius 2 is 1.66 bits per heavy atom. The van der Waals surface area contributed by atoms with Gasteiger partial charge < -0.3 is 4.74 Å². The van der Waals surface area contributed by atoms with Gasteiger partial charge in [0.2, 0.25) is 0 Å². The van der Waals surface area contributed by atoms with Gasteiger partial charge in [0.15, 0.2) is 16.1 Å². The zero-order chi connectivity index (χ0) is 28.1. The second-order valence-electron chi connectivity index (χ2n) is 8.52. The van der Waals surface area contributed by atoms with Crippen LogP contribution in [0.2, 0.25) is 0 Å². The Kier molecular flexibility index (Phi) is 9.21. The lowest BCUT2D eigenvalue weighted by Crippen LogP contribution is -2.26. The zero-order valence-electron chi connectivity index (χ0n) is 20.1. The maximum Gasteiger partial charge on any atom is 0.419 e. The molecule has 3 aromatic rings. The number of carbonyl (C=O) groups is 1. The van der Waals surface area contributed by atoms with Gasteiger partial charge in [-0.15, -0.1) is 0 Å². The van der Waals surface area contributed by atoms with Crippen molar-refractivity contribution in [2.45, 2.75) is 30.6 Å². The number of hydrogen-bond donors (Lipinski definition) is 0. The van der Waals surface area contributed by atoms with E-state index in [0.29, 0.717) is 11.6 Å². The Morgan fingerprint density at radius 1 is 0.974 bits per heavy atom. The van der Waals surface area contributed by atoms with Crippen LogP contribution in [0, 0.1) is 17.5 Å². The highest BCUT2D eigenvalue weighted by Gasteiger charge is 2.35. The van der Waals surface area contributed by atoms with Gasteiger partial charge in [0.1, 0.15) is 23.2 Å². The Labute approximate surface area is 215 Å². The molecule has 12 heteroatoms. The summed E-state index contributed by atoms with van der Waals surface area (Å²) in [6.07, 6.45) is -3.73. The van der Waals surface area contributed by atoms with Crippen LogP contribution in [0.25, 0.3) is 0 Å². The second kappa shape index (κ2) is 12.0. The standard InChI is InChI=1S/C26H23F6NO4S/c1-38(35,36)24-13-20(12-23(28)21(24)16-34)37-11-3-10-33(14-17-6-8-19(27)9-7-17)15-18-4-2-5-22(25(18)29)26(30,31)32/h2,4-9,12-13,16H,3,10-11,14-15H2,1H3. The molecule has 0 aliphatic rings. The fourth-order valence-corrected chi connectivity index (χ4v) is 4.65. The van der Waals surface area contributed by atoms with E-state index in [0.717, 1.165) is 24.5 Å². The van der Waals surface area contributed by atoms with Crippen LogP contribution in [0.4, 0.5) is 26.3 Å². The quantitative estimate of drug-likeness (QED) is 0.169. The first-order valence-corrected chi connectivity index (χ1v) is 13.1. The molecule has 3 rings (SSSR count). The molecule has 0 aliphatic carbocycles. The van der Waals surface area contributed by atoms with Gasteiger partial charge in [0.25, 0.3) is 0 Å². The molecule has 5 nitrogen and oxygen atoms in total. The molecule has 0 radical (unpaired) electrons. The lowest BCUT2D eigenvalue weighted by molar-refractivity contribution is -0.140. The van der Waals surface area contributed by atoms with Gasteiger partial charge in [-0.2, -0.15) is 13.2 Å². The van der Waals surface area contributed by atoms with Gasteiger partial charge in [-0.1, -0.05) is 24.3 Å². The summed E-state index contributed by atoms with van der Waals surface area (Å²) in [5.41, 5.74) is -1.56. The SMILES string of the molecule is CS(=O)(=O)c1cc(OCCCN(Cc2ccc(F)cc2)Cc2cccc(C(F)(F)F)c2F)cc(F)c1C=O. The lowest BCUT2D eigenvalue weighted by Gasteiger charge is -2.24. The van der Waals surface area contributed by atoms with E-state index in [1.165, 1.54) is 30.3 Å². The molecule has 204 valence electrons. The maximum absolute atomic E-state index is 14.6. The first-order chi connectivity index (χ1) is 17.8. The van der Waals surface area contributed by atoms with Crippen LogP contribution in [-0.2, 0) is 29.1 Å². The van der Waals surface area contributed by atoms with Gasteiger partial charge in [-0.05, 0) is 36.2 Å². The number of ether oxygens (including phenoxy) is 1. The smallest absolute Gasteiger partial charge is 0.419 e. The highest BCUT2D eigenvalue weighted by atomic mass is 32.2. The van der Waals surface area contributed by atoms with Crippen molar-refractivity contribution in [2.24, 2.45) is 0 Å². The summed E-state index contributed by atoms with van der Waals surface area (Å²) >= 11 is 0. The van der Waals surface area contributed by atoms with Crippen molar-refractivity contribution in [1.82, 2.24) is 4.90 Å². The number of halogens is 6. The monoisotopic (exact) mass is 559 g/mol. The summed E-state index contributed by atoms with van der Waals surface area (Å²) in [6.45, 7) is 0.0693. The molecule has 0 saturated heterocycles. The molecule has 0 aliphatic heterocycles. The van der Waals surface area contributed by atoms with E-state index in [1.54, 1.807) is 4.90 Å². The first kappa shape index (κ1) is 29.2. The predicted molar refractivity (Wildman–Crippen MR) is 127 cm³/mol. The molecule has 0 saturated carbocycles. The minimum Gasteiger partial charge on any atom is -0.493 e. The van der Waals surface area contributed by atoms with Crippen LogP contribution < -0.4 is 4.74 Å². The van der Waals surface area contributed by atoms with Gasteiger partial charge in [0.05, 0.1) is 22.6 Å². The van der Waals surface area contributed by atoms with Crippen molar-refractivity contribution in [1.29, 1.82) is 0 Å². The molecule has 0 aromatic heterocycles. The third kappa shape index (κ3) is 7.57. The van der Waals surface area contributed by atoms with Crippen molar-refractivity contribution < 1.29 is 44.3 Å². The van der Waals surface area contributed by atoms with E-state index >= 15 is 0 Å². The number of sulfone groups is 1. The molecular weight excluding hydrogens is 536 g/mol. The van der Waals surface area contributed by atoms with Gasteiger partial charge in [0, 0.05) is 37.5 Å². The highest BCUT2D eigenvalue weighted by Crippen LogP contribution is 2.33. The average molecular weight is 560 g/mol. The van der Waals surface area contributed by atoms with E-state index in [4.69, 9.17) is 4.74 Å². The molecule has 0 amide bonds. The normalized spacial score (nSPS) is 12.1. The van der Waals surface area contributed by atoms with Crippen molar-refractivity contribution in [3.05, 3.63) is 94.3 Å².